The van der Waals surface area contributed by atoms with Crippen molar-refractivity contribution in [2.45, 2.75) is 52.5 Å². The topological polar surface area (TPSA) is 71.1 Å². The first-order chi connectivity index (χ1) is 9.43. The molecule has 20 heavy (non-hydrogen) atoms. The van der Waals surface area contributed by atoms with Crippen LogP contribution in [0.5, 0.6) is 0 Å². The van der Waals surface area contributed by atoms with Gasteiger partial charge in [-0.3, -0.25) is 9.59 Å². The summed E-state index contributed by atoms with van der Waals surface area (Å²) in [6.45, 7) is 8.44. The van der Waals surface area contributed by atoms with Gasteiger partial charge < -0.3 is 10.6 Å². The molecule has 0 radical (unpaired) electrons. The van der Waals surface area contributed by atoms with Gasteiger partial charge in [-0.2, -0.15) is 0 Å². The fourth-order valence-corrected chi connectivity index (χ4v) is 2.43. The highest BCUT2D eigenvalue weighted by Gasteiger charge is 2.16. The molecule has 0 spiro atoms. The molecule has 0 saturated carbocycles. The summed E-state index contributed by atoms with van der Waals surface area (Å²) >= 11 is 1.57. The van der Waals surface area contributed by atoms with Gasteiger partial charge in [-0.15, -0.1) is 11.3 Å². The number of hydrogen-bond acceptors (Lipinski definition) is 4. The molecule has 2 N–H and O–H groups in total. The molecular weight excluding hydrogens is 274 g/mol. The summed E-state index contributed by atoms with van der Waals surface area (Å²) in [5, 5.41) is 8.37. The fraction of sp³-hybridized carbons (Fsp3) is 0.643. The smallest absolute Gasteiger partial charge is 0.242 e. The van der Waals surface area contributed by atoms with E-state index in [0.717, 1.165) is 17.1 Å². The Hall–Kier alpha value is -1.43. The van der Waals surface area contributed by atoms with Crippen LogP contribution in [0.4, 0.5) is 0 Å². The summed E-state index contributed by atoms with van der Waals surface area (Å²) in [5.74, 6) is 0.0432. The lowest BCUT2D eigenvalue weighted by Gasteiger charge is -2.13. The van der Waals surface area contributed by atoms with Crippen LogP contribution >= 0.6 is 11.3 Å². The van der Waals surface area contributed by atoms with E-state index in [1.54, 1.807) is 18.3 Å². The Morgan fingerprint density at radius 1 is 1.35 bits per heavy atom. The Balaban J connectivity index is 2.44. The van der Waals surface area contributed by atoms with Crippen LogP contribution in [0.3, 0.4) is 0 Å². The van der Waals surface area contributed by atoms with Gasteiger partial charge in [-0.05, 0) is 13.3 Å². The van der Waals surface area contributed by atoms with Crippen molar-refractivity contribution in [1.82, 2.24) is 15.6 Å². The van der Waals surface area contributed by atoms with Crippen molar-refractivity contribution < 1.29 is 9.59 Å². The van der Waals surface area contributed by atoms with Crippen LogP contribution in [0.25, 0.3) is 0 Å². The standard InChI is InChI=1S/C14H23N3O2S/c1-5-6-15-13(19)10(4)16-12(18)7-11-8-20-14(17-11)9(2)3/h8-10H,5-7H2,1-4H3,(H,15,19)(H,16,18)/t10-/m0/s1. The molecule has 1 heterocycles. The van der Waals surface area contributed by atoms with E-state index in [9.17, 15) is 9.59 Å². The lowest BCUT2D eigenvalue weighted by molar-refractivity contribution is -0.128. The molecule has 0 aliphatic heterocycles. The number of nitrogens with zero attached hydrogens (tertiary/aromatic N) is 1. The number of nitrogens with one attached hydrogen (secondary N) is 2. The number of carbonyl (C=O) groups is 2. The molecule has 0 aliphatic rings. The lowest BCUT2D eigenvalue weighted by Crippen LogP contribution is -2.45. The predicted octanol–water partition coefficient (Wildman–Crippen LogP) is 1.84. The van der Waals surface area contributed by atoms with Gasteiger partial charge >= 0.3 is 0 Å². The van der Waals surface area contributed by atoms with Gasteiger partial charge in [0.15, 0.2) is 0 Å². The van der Waals surface area contributed by atoms with E-state index < -0.39 is 6.04 Å². The van der Waals surface area contributed by atoms with Gasteiger partial charge in [0.05, 0.1) is 17.1 Å². The molecular formula is C14H23N3O2S. The van der Waals surface area contributed by atoms with Crippen LogP contribution in [0, 0.1) is 0 Å². The lowest BCUT2D eigenvalue weighted by atomic mass is 10.2. The minimum Gasteiger partial charge on any atom is -0.354 e. The van der Waals surface area contributed by atoms with E-state index in [-0.39, 0.29) is 18.2 Å². The molecule has 0 saturated heterocycles. The first kappa shape index (κ1) is 16.6. The first-order valence-electron chi connectivity index (χ1n) is 6.95. The van der Waals surface area contributed by atoms with Crippen LogP contribution in [-0.2, 0) is 16.0 Å². The molecule has 2 amide bonds. The summed E-state index contributed by atoms with van der Waals surface area (Å²) in [6, 6.07) is -0.516. The molecule has 5 nitrogen and oxygen atoms in total. The molecule has 1 rings (SSSR count). The number of thiazole rings is 1. The quantitative estimate of drug-likeness (QED) is 0.806. The minimum absolute atomic E-state index is 0.152. The molecule has 0 aromatic carbocycles. The third kappa shape index (κ3) is 5.28. The van der Waals surface area contributed by atoms with Crippen LogP contribution in [0.1, 0.15) is 50.7 Å². The maximum Gasteiger partial charge on any atom is 0.242 e. The summed E-state index contributed by atoms with van der Waals surface area (Å²) in [5.41, 5.74) is 0.761. The monoisotopic (exact) mass is 297 g/mol. The van der Waals surface area contributed by atoms with E-state index in [2.05, 4.69) is 29.5 Å². The largest absolute Gasteiger partial charge is 0.354 e. The Labute approximate surface area is 124 Å². The Morgan fingerprint density at radius 2 is 2.05 bits per heavy atom. The fourth-order valence-electron chi connectivity index (χ4n) is 1.59. The Morgan fingerprint density at radius 3 is 2.60 bits per heavy atom. The molecule has 6 heteroatoms. The van der Waals surface area contributed by atoms with Crippen molar-refractivity contribution in [1.29, 1.82) is 0 Å². The normalized spacial score (nSPS) is 12.2. The van der Waals surface area contributed by atoms with Gasteiger partial charge in [0, 0.05) is 17.8 Å². The van der Waals surface area contributed by atoms with Crippen molar-refractivity contribution >= 4 is 23.2 Å². The van der Waals surface area contributed by atoms with Crippen molar-refractivity contribution in [2.75, 3.05) is 6.54 Å². The molecule has 0 aliphatic carbocycles. The molecule has 0 unspecified atom stereocenters. The van der Waals surface area contributed by atoms with E-state index in [1.807, 2.05) is 12.3 Å². The highest BCUT2D eigenvalue weighted by Crippen LogP contribution is 2.19. The van der Waals surface area contributed by atoms with Crippen LogP contribution in [0.2, 0.25) is 0 Å². The maximum absolute atomic E-state index is 11.9. The number of hydrogen-bond donors (Lipinski definition) is 2. The van der Waals surface area contributed by atoms with Crippen molar-refractivity contribution in [3.63, 3.8) is 0 Å². The van der Waals surface area contributed by atoms with Crippen LogP contribution in [-0.4, -0.2) is 29.4 Å². The highest BCUT2D eigenvalue weighted by molar-refractivity contribution is 7.09. The van der Waals surface area contributed by atoms with E-state index in [4.69, 9.17) is 0 Å². The van der Waals surface area contributed by atoms with Crippen molar-refractivity contribution in [3.05, 3.63) is 16.1 Å². The molecule has 0 bridgehead atoms. The first-order valence-corrected chi connectivity index (χ1v) is 7.83. The third-order valence-electron chi connectivity index (χ3n) is 2.73. The van der Waals surface area contributed by atoms with Gasteiger partial charge in [0.2, 0.25) is 11.8 Å². The molecule has 1 aromatic heterocycles. The number of amides is 2. The Bertz CT molecular complexity index is 457. The zero-order valence-electron chi connectivity index (χ0n) is 12.5. The number of aromatic nitrogens is 1. The summed E-state index contributed by atoms with van der Waals surface area (Å²) in [7, 11) is 0. The third-order valence-corrected chi connectivity index (χ3v) is 3.92. The second-order valence-corrected chi connectivity index (χ2v) is 5.98. The van der Waals surface area contributed by atoms with Gasteiger partial charge in [0.1, 0.15) is 6.04 Å². The highest BCUT2D eigenvalue weighted by atomic mass is 32.1. The molecule has 0 fully saturated rings. The molecule has 112 valence electrons. The van der Waals surface area contributed by atoms with Gasteiger partial charge in [-0.1, -0.05) is 20.8 Å². The second-order valence-electron chi connectivity index (χ2n) is 5.09. The van der Waals surface area contributed by atoms with Gasteiger partial charge in [0.25, 0.3) is 0 Å². The van der Waals surface area contributed by atoms with Crippen LogP contribution < -0.4 is 10.6 Å². The summed E-state index contributed by atoms with van der Waals surface area (Å²) in [4.78, 5) is 27.9. The maximum atomic E-state index is 11.9. The zero-order valence-corrected chi connectivity index (χ0v) is 13.3. The molecule has 1 atom stereocenters. The summed E-state index contributed by atoms with van der Waals surface area (Å²) < 4.78 is 0. The predicted molar refractivity (Wildman–Crippen MR) is 80.8 cm³/mol. The zero-order chi connectivity index (χ0) is 15.1. The Kier molecular flexibility index (Phi) is 6.64. The minimum atomic E-state index is -0.516. The molecule has 1 aromatic rings. The van der Waals surface area contributed by atoms with Crippen molar-refractivity contribution in [2.24, 2.45) is 0 Å². The summed E-state index contributed by atoms with van der Waals surface area (Å²) in [6.07, 6.45) is 1.10. The SMILES string of the molecule is CCCNC(=O)[C@H](C)NC(=O)Cc1csc(C(C)C)n1. The van der Waals surface area contributed by atoms with Crippen LogP contribution in [0.15, 0.2) is 5.38 Å². The van der Waals surface area contributed by atoms with E-state index >= 15 is 0 Å². The number of carbonyl (C=O) groups excluding carboxylic acids is 2. The van der Waals surface area contributed by atoms with E-state index in [0.29, 0.717) is 12.5 Å². The van der Waals surface area contributed by atoms with Crippen molar-refractivity contribution in [3.8, 4) is 0 Å². The second kappa shape index (κ2) is 7.99. The van der Waals surface area contributed by atoms with E-state index in [1.165, 1.54) is 0 Å². The van der Waals surface area contributed by atoms with Gasteiger partial charge in [-0.25, -0.2) is 4.98 Å². The number of rotatable bonds is 7. The average Bonchev–Trinajstić information content (AvgIpc) is 2.84. The average molecular weight is 297 g/mol.